The molecule has 6 heteroatoms. The monoisotopic (exact) mass is 346 g/mol. The fourth-order valence-corrected chi connectivity index (χ4v) is 5.23. The maximum atomic E-state index is 13.3. The summed E-state index contributed by atoms with van der Waals surface area (Å²) in [6.45, 7) is 0. The van der Waals surface area contributed by atoms with Crippen molar-refractivity contribution in [2.75, 3.05) is 0 Å². The molecule has 0 saturated heterocycles. The SMILES string of the molecule is Cn1c(SCc2cccc(F)c2)nc2sc3c(c2c1=O)CCC3. The predicted octanol–water partition coefficient (Wildman–Crippen LogP) is 3.92. The van der Waals surface area contributed by atoms with Gasteiger partial charge in [0.15, 0.2) is 5.16 Å². The number of nitrogens with zero attached hydrogens (tertiary/aromatic N) is 2. The van der Waals surface area contributed by atoms with E-state index in [0.717, 1.165) is 35.0 Å². The largest absolute Gasteiger partial charge is 0.290 e. The van der Waals surface area contributed by atoms with Crippen molar-refractivity contribution in [3.8, 4) is 0 Å². The van der Waals surface area contributed by atoms with Crippen LogP contribution in [0.4, 0.5) is 4.39 Å². The summed E-state index contributed by atoms with van der Waals surface area (Å²) < 4.78 is 14.9. The van der Waals surface area contributed by atoms with Gasteiger partial charge in [-0.05, 0) is 42.5 Å². The molecule has 118 valence electrons. The Labute approximate surface area is 141 Å². The van der Waals surface area contributed by atoms with Crippen LogP contribution < -0.4 is 5.56 Å². The number of aromatic nitrogens is 2. The molecule has 4 rings (SSSR count). The first-order valence-electron chi connectivity index (χ1n) is 7.52. The van der Waals surface area contributed by atoms with Crippen LogP contribution in [-0.4, -0.2) is 9.55 Å². The Morgan fingerprint density at radius 3 is 3.09 bits per heavy atom. The standard InChI is InChI=1S/C17H15FN2OS2/c1-20-16(21)14-12-6-3-7-13(12)23-15(14)19-17(20)22-9-10-4-2-5-11(18)8-10/h2,4-5,8H,3,6-7,9H2,1H3. The number of aryl methyl sites for hydroxylation is 2. The van der Waals surface area contributed by atoms with Gasteiger partial charge in [0.2, 0.25) is 0 Å². The fourth-order valence-electron chi connectivity index (χ4n) is 3.01. The zero-order valence-electron chi connectivity index (χ0n) is 12.6. The van der Waals surface area contributed by atoms with Crippen LogP contribution in [0.3, 0.4) is 0 Å². The number of fused-ring (bicyclic) bond motifs is 3. The summed E-state index contributed by atoms with van der Waals surface area (Å²) in [6.07, 6.45) is 3.18. The summed E-state index contributed by atoms with van der Waals surface area (Å²) in [4.78, 5) is 19.5. The molecule has 0 saturated carbocycles. The van der Waals surface area contributed by atoms with E-state index < -0.39 is 0 Å². The highest BCUT2D eigenvalue weighted by atomic mass is 32.2. The van der Waals surface area contributed by atoms with Gasteiger partial charge in [0.25, 0.3) is 5.56 Å². The number of rotatable bonds is 3. The number of hydrogen-bond acceptors (Lipinski definition) is 4. The average Bonchev–Trinajstić information content (AvgIpc) is 3.10. The summed E-state index contributed by atoms with van der Waals surface area (Å²) in [7, 11) is 1.77. The van der Waals surface area contributed by atoms with E-state index in [9.17, 15) is 9.18 Å². The van der Waals surface area contributed by atoms with Crippen LogP contribution in [0, 0.1) is 5.82 Å². The molecule has 2 heterocycles. The summed E-state index contributed by atoms with van der Waals surface area (Å²) in [5, 5.41) is 1.49. The van der Waals surface area contributed by atoms with Gasteiger partial charge in [0.1, 0.15) is 10.6 Å². The van der Waals surface area contributed by atoms with Crippen LogP contribution in [0.5, 0.6) is 0 Å². The van der Waals surface area contributed by atoms with Gasteiger partial charge in [-0.25, -0.2) is 9.37 Å². The normalized spacial score (nSPS) is 13.7. The topological polar surface area (TPSA) is 34.9 Å². The van der Waals surface area contributed by atoms with E-state index in [1.165, 1.54) is 34.3 Å². The molecule has 0 atom stereocenters. The maximum Gasteiger partial charge on any atom is 0.262 e. The van der Waals surface area contributed by atoms with Gasteiger partial charge in [0, 0.05) is 17.7 Å². The second-order valence-corrected chi connectivity index (χ2v) is 7.74. The fraction of sp³-hybridized carbons (Fsp3) is 0.294. The number of benzene rings is 1. The van der Waals surface area contributed by atoms with Crippen molar-refractivity contribution in [1.82, 2.24) is 9.55 Å². The molecule has 0 unspecified atom stereocenters. The molecular weight excluding hydrogens is 331 g/mol. The van der Waals surface area contributed by atoms with Crippen molar-refractivity contribution in [2.24, 2.45) is 7.05 Å². The Bertz CT molecular complexity index is 961. The summed E-state index contributed by atoms with van der Waals surface area (Å²) >= 11 is 3.12. The van der Waals surface area contributed by atoms with Crippen LogP contribution in [0.15, 0.2) is 34.2 Å². The third-order valence-electron chi connectivity index (χ3n) is 4.16. The lowest BCUT2D eigenvalue weighted by molar-refractivity contribution is 0.626. The van der Waals surface area contributed by atoms with Gasteiger partial charge < -0.3 is 0 Å². The quantitative estimate of drug-likeness (QED) is 0.533. The van der Waals surface area contributed by atoms with Crippen LogP contribution in [0.1, 0.15) is 22.4 Å². The average molecular weight is 346 g/mol. The van der Waals surface area contributed by atoms with Crippen molar-refractivity contribution in [2.45, 2.75) is 30.2 Å². The first kappa shape index (κ1) is 14.9. The Hall–Kier alpha value is -1.66. The van der Waals surface area contributed by atoms with E-state index in [4.69, 9.17) is 0 Å². The molecule has 3 nitrogen and oxygen atoms in total. The lowest BCUT2D eigenvalue weighted by Crippen LogP contribution is -2.20. The number of hydrogen-bond donors (Lipinski definition) is 0. The predicted molar refractivity (Wildman–Crippen MR) is 92.8 cm³/mol. The highest BCUT2D eigenvalue weighted by molar-refractivity contribution is 7.98. The van der Waals surface area contributed by atoms with E-state index in [1.54, 1.807) is 29.0 Å². The molecule has 0 bridgehead atoms. The smallest absolute Gasteiger partial charge is 0.262 e. The first-order chi connectivity index (χ1) is 11.1. The molecule has 0 spiro atoms. The lowest BCUT2D eigenvalue weighted by Gasteiger charge is -2.07. The van der Waals surface area contributed by atoms with Crippen LogP contribution in [0.2, 0.25) is 0 Å². The van der Waals surface area contributed by atoms with Crippen molar-refractivity contribution in [1.29, 1.82) is 0 Å². The van der Waals surface area contributed by atoms with Crippen molar-refractivity contribution >= 4 is 33.3 Å². The van der Waals surface area contributed by atoms with E-state index >= 15 is 0 Å². The van der Waals surface area contributed by atoms with Gasteiger partial charge in [0.05, 0.1) is 5.39 Å². The van der Waals surface area contributed by atoms with Crippen molar-refractivity contribution in [3.63, 3.8) is 0 Å². The second kappa shape index (κ2) is 5.76. The highest BCUT2D eigenvalue weighted by Crippen LogP contribution is 2.35. The lowest BCUT2D eigenvalue weighted by atomic mass is 10.2. The molecule has 0 N–H and O–H groups in total. The third-order valence-corrected chi connectivity index (χ3v) is 6.45. The Morgan fingerprint density at radius 1 is 1.39 bits per heavy atom. The molecule has 1 aromatic carbocycles. The van der Waals surface area contributed by atoms with E-state index in [2.05, 4.69) is 4.98 Å². The molecule has 2 aromatic heterocycles. The van der Waals surface area contributed by atoms with E-state index in [-0.39, 0.29) is 11.4 Å². The minimum absolute atomic E-state index is 0.0381. The molecule has 0 radical (unpaired) electrons. The minimum Gasteiger partial charge on any atom is -0.290 e. The van der Waals surface area contributed by atoms with Crippen molar-refractivity contribution < 1.29 is 4.39 Å². The third kappa shape index (κ3) is 2.60. The molecule has 0 fully saturated rings. The van der Waals surface area contributed by atoms with Gasteiger partial charge in [-0.1, -0.05) is 23.9 Å². The zero-order valence-corrected chi connectivity index (χ0v) is 14.3. The molecule has 0 aliphatic heterocycles. The number of halogens is 1. The number of thiophene rings is 1. The Kier molecular flexibility index (Phi) is 3.73. The Balaban J connectivity index is 1.71. The molecule has 0 amide bonds. The van der Waals surface area contributed by atoms with Gasteiger partial charge >= 0.3 is 0 Å². The summed E-state index contributed by atoms with van der Waals surface area (Å²) in [6, 6.07) is 6.53. The van der Waals surface area contributed by atoms with Gasteiger partial charge in [-0.3, -0.25) is 9.36 Å². The second-order valence-electron chi connectivity index (χ2n) is 5.71. The molecule has 1 aliphatic carbocycles. The van der Waals surface area contributed by atoms with Gasteiger partial charge in [-0.15, -0.1) is 11.3 Å². The highest BCUT2D eigenvalue weighted by Gasteiger charge is 2.22. The van der Waals surface area contributed by atoms with Crippen LogP contribution in [-0.2, 0) is 25.6 Å². The summed E-state index contributed by atoms with van der Waals surface area (Å²) in [5.74, 6) is 0.351. The van der Waals surface area contributed by atoms with Crippen LogP contribution in [0.25, 0.3) is 10.2 Å². The van der Waals surface area contributed by atoms with E-state index in [0.29, 0.717) is 10.9 Å². The minimum atomic E-state index is -0.241. The molecule has 1 aliphatic rings. The molecular formula is C17H15FN2OS2. The molecule has 23 heavy (non-hydrogen) atoms. The number of thioether (sulfide) groups is 1. The van der Waals surface area contributed by atoms with E-state index in [1.807, 2.05) is 6.07 Å². The Morgan fingerprint density at radius 2 is 2.26 bits per heavy atom. The zero-order chi connectivity index (χ0) is 16.0. The van der Waals surface area contributed by atoms with Crippen molar-refractivity contribution in [3.05, 3.63) is 56.4 Å². The first-order valence-corrected chi connectivity index (χ1v) is 9.32. The summed E-state index contributed by atoms with van der Waals surface area (Å²) in [5.41, 5.74) is 2.13. The molecule has 3 aromatic rings. The van der Waals surface area contributed by atoms with Crippen LogP contribution >= 0.6 is 23.1 Å². The maximum absolute atomic E-state index is 13.3. The van der Waals surface area contributed by atoms with Gasteiger partial charge in [-0.2, -0.15) is 0 Å².